The minimum Gasteiger partial charge on any atom is -0.480 e. The van der Waals surface area contributed by atoms with Gasteiger partial charge in [-0.15, -0.1) is 29.9 Å². The van der Waals surface area contributed by atoms with Gasteiger partial charge in [0.1, 0.15) is 11.7 Å². The Bertz CT molecular complexity index is 775. The van der Waals surface area contributed by atoms with E-state index in [1.807, 2.05) is 6.20 Å². The Kier molecular flexibility index (Phi) is 8.89. The highest BCUT2D eigenvalue weighted by Gasteiger charge is 2.30. The summed E-state index contributed by atoms with van der Waals surface area (Å²) in [5.41, 5.74) is 3.20. The van der Waals surface area contributed by atoms with Gasteiger partial charge in [-0.2, -0.15) is 0 Å². The number of halogens is 2. The molecule has 1 aromatic carbocycles. The summed E-state index contributed by atoms with van der Waals surface area (Å²) >= 11 is 0. The van der Waals surface area contributed by atoms with Crippen molar-refractivity contribution >= 4 is 30.8 Å². The molecule has 0 aliphatic carbocycles. The fraction of sp³-hybridized carbons (Fsp3) is 0.550. The molecule has 29 heavy (non-hydrogen) atoms. The van der Waals surface area contributed by atoms with E-state index in [0.29, 0.717) is 13.0 Å². The van der Waals surface area contributed by atoms with Crippen LogP contribution in [0.3, 0.4) is 0 Å². The molecule has 2 N–H and O–H groups in total. The molecule has 3 heterocycles. The zero-order valence-corrected chi connectivity index (χ0v) is 18.0. The summed E-state index contributed by atoms with van der Waals surface area (Å²) in [4.78, 5) is 13.6. The van der Waals surface area contributed by atoms with Crippen molar-refractivity contribution in [2.45, 2.75) is 50.7 Å². The standard InChI is InChI=1S/C20H27N5O2.2ClH/c26-20(27)18-11-17(12-21-18)25-14-19(22-23-25)16-7-5-15(6-8-16)13-24-9-3-1-2-4-10-24;;/h5-8,14,17-18,21H,1-4,9-13H2,(H,26,27);2*1H/t17-,18-;;/m0../s1. The molecule has 1 aromatic heterocycles. The monoisotopic (exact) mass is 441 g/mol. The molecule has 0 amide bonds. The van der Waals surface area contributed by atoms with Crippen LogP contribution in [0.25, 0.3) is 11.3 Å². The van der Waals surface area contributed by atoms with Crippen LogP contribution in [0, 0.1) is 0 Å². The van der Waals surface area contributed by atoms with Crippen LogP contribution in [-0.4, -0.2) is 56.6 Å². The molecule has 2 aromatic rings. The van der Waals surface area contributed by atoms with Crippen molar-refractivity contribution in [1.82, 2.24) is 25.2 Å². The number of likely N-dealkylation sites (tertiary alicyclic amines) is 1. The number of carbonyl (C=O) groups is 1. The van der Waals surface area contributed by atoms with Gasteiger partial charge in [0.05, 0.1) is 12.2 Å². The predicted molar refractivity (Wildman–Crippen MR) is 117 cm³/mol. The first-order valence-electron chi connectivity index (χ1n) is 9.89. The lowest BCUT2D eigenvalue weighted by molar-refractivity contribution is -0.139. The zero-order valence-electron chi connectivity index (χ0n) is 16.4. The second-order valence-corrected chi connectivity index (χ2v) is 7.66. The molecular weight excluding hydrogens is 413 g/mol. The molecule has 2 fully saturated rings. The molecule has 7 nitrogen and oxygen atoms in total. The predicted octanol–water partition coefficient (Wildman–Crippen LogP) is 3.15. The molecule has 2 atom stereocenters. The van der Waals surface area contributed by atoms with Crippen LogP contribution in [0.5, 0.6) is 0 Å². The number of aliphatic carboxylic acids is 1. The molecule has 2 saturated heterocycles. The van der Waals surface area contributed by atoms with Crippen LogP contribution in [0.15, 0.2) is 30.5 Å². The van der Waals surface area contributed by atoms with Gasteiger partial charge in [-0.05, 0) is 37.9 Å². The van der Waals surface area contributed by atoms with Crippen molar-refractivity contribution in [3.8, 4) is 11.3 Å². The number of carboxylic acids is 1. The van der Waals surface area contributed by atoms with E-state index in [2.05, 4.69) is 44.8 Å². The lowest BCUT2D eigenvalue weighted by Crippen LogP contribution is -2.29. The van der Waals surface area contributed by atoms with E-state index in [-0.39, 0.29) is 30.9 Å². The molecule has 9 heteroatoms. The summed E-state index contributed by atoms with van der Waals surface area (Å²) in [6.45, 7) is 4.01. The highest BCUT2D eigenvalue weighted by molar-refractivity contribution is 5.85. The topological polar surface area (TPSA) is 83.3 Å². The van der Waals surface area contributed by atoms with Gasteiger partial charge in [-0.1, -0.05) is 42.3 Å². The minimum absolute atomic E-state index is 0. The smallest absolute Gasteiger partial charge is 0.320 e. The van der Waals surface area contributed by atoms with Gasteiger partial charge in [0.15, 0.2) is 0 Å². The Balaban J connectivity index is 0.00000150. The maximum Gasteiger partial charge on any atom is 0.320 e. The average Bonchev–Trinajstić information content (AvgIpc) is 3.28. The highest BCUT2D eigenvalue weighted by Crippen LogP contribution is 2.23. The minimum atomic E-state index is -0.808. The number of hydrogen-bond donors (Lipinski definition) is 2. The van der Waals surface area contributed by atoms with Gasteiger partial charge in [0.25, 0.3) is 0 Å². The SMILES string of the molecule is Cl.Cl.O=C(O)[C@@H]1C[C@H](n2cc(-c3ccc(CN4CCCCCC4)cc3)nn2)CN1. The molecule has 0 bridgehead atoms. The van der Waals surface area contributed by atoms with E-state index < -0.39 is 12.0 Å². The van der Waals surface area contributed by atoms with E-state index in [9.17, 15) is 4.79 Å². The third kappa shape index (κ3) is 5.92. The number of nitrogens with one attached hydrogen (secondary N) is 1. The Morgan fingerprint density at radius 2 is 1.79 bits per heavy atom. The van der Waals surface area contributed by atoms with Crippen LogP contribution >= 0.6 is 24.8 Å². The molecule has 0 saturated carbocycles. The van der Waals surface area contributed by atoms with E-state index in [4.69, 9.17) is 5.11 Å². The Hall–Kier alpha value is -1.67. The van der Waals surface area contributed by atoms with Crippen molar-refractivity contribution in [3.63, 3.8) is 0 Å². The van der Waals surface area contributed by atoms with Gasteiger partial charge in [-0.3, -0.25) is 9.69 Å². The number of nitrogens with zero attached hydrogens (tertiary/aromatic N) is 4. The van der Waals surface area contributed by atoms with Crippen LogP contribution in [-0.2, 0) is 11.3 Å². The maximum absolute atomic E-state index is 11.1. The molecule has 160 valence electrons. The summed E-state index contributed by atoms with van der Waals surface area (Å²) in [7, 11) is 0. The Morgan fingerprint density at radius 1 is 1.10 bits per heavy atom. The summed E-state index contributed by atoms with van der Waals surface area (Å²) < 4.78 is 1.79. The molecule has 4 rings (SSSR count). The van der Waals surface area contributed by atoms with E-state index in [1.165, 1.54) is 44.3 Å². The Morgan fingerprint density at radius 3 is 2.41 bits per heavy atom. The lowest BCUT2D eigenvalue weighted by atomic mass is 10.1. The second kappa shape index (κ2) is 10.9. The number of benzene rings is 1. The molecule has 0 unspecified atom stereocenters. The van der Waals surface area contributed by atoms with Crippen molar-refractivity contribution in [2.24, 2.45) is 0 Å². The summed E-state index contributed by atoms with van der Waals surface area (Å²) in [6.07, 6.45) is 7.77. The van der Waals surface area contributed by atoms with Gasteiger partial charge in [0.2, 0.25) is 0 Å². The largest absolute Gasteiger partial charge is 0.480 e. The van der Waals surface area contributed by atoms with E-state index in [0.717, 1.165) is 17.8 Å². The average molecular weight is 442 g/mol. The fourth-order valence-electron chi connectivity index (χ4n) is 4.03. The molecule has 2 aliphatic rings. The first-order valence-corrected chi connectivity index (χ1v) is 9.89. The Labute approximate surface area is 183 Å². The first kappa shape index (κ1) is 23.6. The van der Waals surface area contributed by atoms with Crippen LogP contribution < -0.4 is 5.32 Å². The van der Waals surface area contributed by atoms with Crippen molar-refractivity contribution in [1.29, 1.82) is 0 Å². The summed E-state index contributed by atoms with van der Waals surface area (Å²) in [6, 6.07) is 8.10. The second-order valence-electron chi connectivity index (χ2n) is 7.66. The lowest BCUT2D eigenvalue weighted by Gasteiger charge is -2.19. The van der Waals surface area contributed by atoms with Gasteiger partial charge in [0, 0.05) is 18.7 Å². The summed E-state index contributed by atoms with van der Waals surface area (Å²) in [5, 5.41) is 20.6. The van der Waals surface area contributed by atoms with Gasteiger partial charge >= 0.3 is 5.97 Å². The molecular formula is C20H29Cl2N5O2. The fourth-order valence-corrected chi connectivity index (χ4v) is 4.03. The molecule has 0 radical (unpaired) electrons. The van der Waals surface area contributed by atoms with Crippen molar-refractivity contribution in [3.05, 3.63) is 36.0 Å². The number of carboxylic acid groups (broad SMARTS) is 1. The third-order valence-electron chi connectivity index (χ3n) is 5.64. The van der Waals surface area contributed by atoms with E-state index >= 15 is 0 Å². The maximum atomic E-state index is 11.1. The van der Waals surface area contributed by atoms with Crippen LogP contribution in [0.4, 0.5) is 0 Å². The van der Waals surface area contributed by atoms with Crippen molar-refractivity contribution < 1.29 is 9.90 Å². The van der Waals surface area contributed by atoms with Crippen LogP contribution in [0.1, 0.15) is 43.7 Å². The zero-order chi connectivity index (χ0) is 18.6. The normalized spacial score (nSPS) is 22.3. The van der Waals surface area contributed by atoms with Gasteiger partial charge < -0.3 is 10.4 Å². The number of rotatable bonds is 5. The highest BCUT2D eigenvalue weighted by atomic mass is 35.5. The van der Waals surface area contributed by atoms with Gasteiger partial charge in [-0.25, -0.2) is 4.68 Å². The molecule has 2 aliphatic heterocycles. The summed E-state index contributed by atoms with van der Waals surface area (Å²) in [5.74, 6) is -0.808. The third-order valence-corrected chi connectivity index (χ3v) is 5.64. The molecule has 0 spiro atoms. The number of hydrogen-bond acceptors (Lipinski definition) is 5. The van der Waals surface area contributed by atoms with Crippen molar-refractivity contribution in [2.75, 3.05) is 19.6 Å². The van der Waals surface area contributed by atoms with Crippen LogP contribution in [0.2, 0.25) is 0 Å². The first-order chi connectivity index (χ1) is 13.2. The van der Waals surface area contributed by atoms with E-state index in [1.54, 1.807) is 4.68 Å². The number of aromatic nitrogens is 3. The quantitative estimate of drug-likeness (QED) is 0.741.